The number of hydrogen-bond donors (Lipinski definition) is 2. The van der Waals surface area contributed by atoms with Crippen LogP contribution in [-0.4, -0.2) is 27.2 Å². The van der Waals surface area contributed by atoms with Crippen LogP contribution in [0.25, 0.3) is 27.8 Å². The summed E-state index contributed by atoms with van der Waals surface area (Å²) in [6.45, 7) is 0. The number of anilines is 1. The Morgan fingerprint density at radius 2 is 2.17 bits per heavy atom. The molecule has 3 N–H and O–H groups in total. The number of aromatic amines is 1. The van der Waals surface area contributed by atoms with Crippen LogP contribution in [0.1, 0.15) is 31.0 Å². The Balaban J connectivity index is 1.80. The molecule has 0 spiro atoms. The van der Waals surface area contributed by atoms with E-state index in [2.05, 4.69) is 46.5 Å². The summed E-state index contributed by atoms with van der Waals surface area (Å²) in [5, 5.41) is 1.22. The smallest absolute Gasteiger partial charge is 0.150 e. The highest BCUT2D eigenvalue weighted by atomic mass is 15.1. The van der Waals surface area contributed by atoms with Crippen LogP contribution in [-0.2, 0) is 0 Å². The molecule has 1 aliphatic carbocycles. The van der Waals surface area contributed by atoms with E-state index >= 15 is 0 Å². The molecule has 24 heavy (non-hydrogen) atoms. The highest BCUT2D eigenvalue weighted by Gasteiger charge is 2.27. The van der Waals surface area contributed by atoms with Crippen molar-refractivity contribution < 1.29 is 0 Å². The molecule has 3 heterocycles. The Morgan fingerprint density at radius 1 is 1.29 bits per heavy atom. The van der Waals surface area contributed by atoms with Gasteiger partial charge in [0.2, 0.25) is 0 Å². The zero-order chi connectivity index (χ0) is 16.3. The Kier molecular flexibility index (Phi) is 2.77. The second-order valence-corrected chi connectivity index (χ2v) is 6.70. The molecule has 0 amide bonds. The highest BCUT2D eigenvalue weighted by molar-refractivity contribution is 6.38. The summed E-state index contributed by atoms with van der Waals surface area (Å²) >= 11 is 0. The van der Waals surface area contributed by atoms with Crippen LogP contribution in [0, 0.1) is 0 Å². The number of benzene rings is 1. The lowest BCUT2D eigenvalue weighted by Gasteiger charge is -2.23. The number of nitrogens with two attached hydrogens (primary N) is 1. The van der Waals surface area contributed by atoms with Crippen LogP contribution in [0.2, 0.25) is 0 Å². The molecule has 0 aliphatic heterocycles. The van der Waals surface area contributed by atoms with Gasteiger partial charge < -0.3 is 10.7 Å². The van der Waals surface area contributed by atoms with Crippen LogP contribution < -0.4 is 11.2 Å². The van der Waals surface area contributed by atoms with Crippen LogP contribution >= 0.6 is 0 Å². The minimum Gasteiger partial charge on any atom is -0.382 e. The maximum atomic E-state index is 6.21. The topological polar surface area (TPSA) is 72.0 Å². The number of aromatic nitrogens is 4. The molecule has 5 rings (SSSR count). The van der Waals surface area contributed by atoms with Gasteiger partial charge in [-0.3, -0.25) is 4.40 Å². The van der Waals surface area contributed by atoms with Gasteiger partial charge in [-0.05, 0) is 30.4 Å². The Bertz CT molecular complexity index is 1070. The molecule has 3 aromatic heterocycles. The first kappa shape index (κ1) is 13.7. The van der Waals surface area contributed by atoms with E-state index in [4.69, 9.17) is 10.7 Å². The molecule has 1 fully saturated rings. The van der Waals surface area contributed by atoms with E-state index < -0.39 is 0 Å². The van der Waals surface area contributed by atoms with Crippen LogP contribution in [0.3, 0.4) is 0 Å². The summed E-state index contributed by atoms with van der Waals surface area (Å²) in [5.41, 5.74) is 11.4. The number of nitrogens with one attached hydrogen (secondary N) is 1. The monoisotopic (exact) mass is 315 g/mol. The summed E-state index contributed by atoms with van der Waals surface area (Å²) in [5.74, 6) is 2.16. The average Bonchev–Trinajstić information content (AvgIpc) is 3.09. The number of H-pyrrole nitrogens is 1. The fourth-order valence-corrected chi connectivity index (χ4v) is 3.66. The van der Waals surface area contributed by atoms with E-state index in [1.165, 1.54) is 30.1 Å². The predicted molar refractivity (Wildman–Crippen MR) is 99.5 cm³/mol. The van der Waals surface area contributed by atoms with Gasteiger partial charge in [0.1, 0.15) is 30.7 Å². The molecule has 1 saturated carbocycles. The molecule has 118 valence electrons. The van der Waals surface area contributed by atoms with Gasteiger partial charge >= 0.3 is 0 Å². The zero-order valence-corrected chi connectivity index (χ0v) is 13.6. The van der Waals surface area contributed by atoms with E-state index in [1.807, 2.05) is 6.20 Å². The molecule has 0 atom stereocenters. The number of imidazole rings is 1. The van der Waals surface area contributed by atoms with Crippen molar-refractivity contribution >= 4 is 35.5 Å². The maximum Gasteiger partial charge on any atom is 0.150 e. The van der Waals surface area contributed by atoms with Crippen molar-refractivity contribution in [2.24, 2.45) is 0 Å². The number of fused-ring (bicyclic) bond motifs is 2. The van der Waals surface area contributed by atoms with E-state index in [1.54, 1.807) is 6.20 Å². The van der Waals surface area contributed by atoms with E-state index in [9.17, 15) is 0 Å². The first-order valence-corrected chi connectivity index (χ1v) is 8.43. The lowest BCUT2D eigenvalue weighted by molar-refractivity contribution is 0.400. The fraction of sp³-hybridized carbons (Fsp3) is 0.222. The maximum absolute atomic E-state index is 6.21. The predicted octanol–water partition coefficient (Wildman–Crippen LogP) is 1.99. The van der Waals surface area contributed by atoms with Gasteiger partial charge in [0.15, 0.2) is 0 Å². The lowest BCUT2D eigenvalue weighted by atomic mass is 9.85. The van der Waals surface area contributed by atoms with Gasteiger partial charge in [-0.2, -0.15) is 0 Å². The van der Waals surface area contributed by atoms with E-state index in [0.717, 1.165) is 28.2 Å². The van der Waals surface area contributed by atoms with E-state index in [-0.39, 0.29) is 0 Å². The molecule has 0 radical (unpaired) electrons. The highest BCUT2D eigenvalue weighted by Crippen LogP contribution is 2.39. The number of rotatable bonds is 2. The van der Waals surface area contributed by atoms with Crippen molar-refractivity contribution in [1.29, 1.82) is 0 Å². The largest absolute Gasteiger partial charge is 0.382 e. The van der Waals surface area contributed by atoms with Crippen molar-refractivity contribution in [1.82, 2.24) is 19.4 Å². The molecule has 0 unspecified atom stereocenters. The van der Waals surface area contributed by atoms with Gasteiger partial charge in [0.25, 0.3) is 0 Å². The van der Waals surface area contributed by atoms with Gasteiger partial charge in [0, 0.05) is 23.8 Å². The third-order valence-corrected chi connectivity index (χ3v) is 5.22. The molecule has 1 aliphatic rings. The molecule has 6 heteroatoms. The Labute approximate surface area is 140 Å². The van der Waals surface area contributed by atoms with Crippen molar-refractivity contribution in [3.8, 4) is 11.4 Å². The minimum absolute atomic E-state index is 0.527. The van der Waals surface area contributed by atoms with Crippen molar-refractivity contribution in [3.63, 3.8) is 0 Å². The molecule has 4 aromatic rings. The second kappa shape index (κ2) is 4.87. The summed E-state index contributed by atoms with van der Waals surface area (Å²) in [4.78, 5) is 12.8. The minimum atomic E-state index is 0.527. The Hall–Kier alpha value is -2.76. The van der Waals surface area contributed by atoms with Gasteiger partial charge in [-0.25, -0.2) is 9.97 Å². The molecular weight excluding hydrogens is 297 g/mol. The molecular formula is C18H18BN5. The first-order valence-electron chi connectivity index (χ1n) is 8.43. The third-order valence-electron chi connectivity index (χ3n) is 5.22. The van der Waals surface area contributed by atoms with Gasteiger partial charge in [-0.1, -0.05) is 24.0 Å². The van der Waals surface area contributed by atoms with Crippen LogP contribution in [0.5, 0.6) is 0 Å². The summed E-state index contributed by atoms with van der Waals surface area (Å²) < 4.78 is 2.12. The molecule has 0 bridgehead atoms. The Morgan fingerprint density at radius 3 is 2.92 bits per heavy atom. The second-order valence-electron chi connectivity index (χ2n) is 6.70. The standard InChI is InChI=1S/C18H18BN5/c19-12-5-2-6-13-11(12)9-14(22-13)15-16-17(20)21-7-8-24(16)18(23-15)10-3-1-4-10/h2,5-10,22H,1,3-4,19H2,(H2,20,21). The van der Waals surface area contributed by atoms with Gasteiger partial charge in [-0.15, -0.1) is 0 Å². The van der Waals surface area contributed by atoms with Gasteiger partial charge in [0.05, 0.1) is 5.69 Å². The van der Waals surface area contributed by atoms with Crippen LogP contribution in [0.4, 0.5) is 5.82 Å². The third kappa shape index (κ3) is 1.83. The molecule has 5 nitrogen and oxygen atoms in total. The number of nitrogen functional groups attached to an aromatic ring is 1. The fourth-order valence-electron chi connectivity index (χ4n) is 3.66. The summed E-state index contributed by atoms with van der Waals surface area (Å²) in [7, 11) is 2.13. The average molecular weight is 315 g/mol. The van der Waals surface area contributed by atoms with Crippen LogP contribution in [0.15, 0.2) is 36.7 Å². The number of nitrogens with zero attached hydrogens (tertiary/aromatic N) is 3. The lowest BCUT2D eigenvalue weighted by Crippen LogP contribution is -2.12. The molecule has 0 saturated heterocycles. The zero-order valence-electron chi connectivity index (χ0n) is 13.6. The molecule has 1 aromatic carbocycles. The summed E-state index contributed by atoms with van der Waals surface area (Å²) in [6, 6.07) is 8.46. The SMILES string of the molecule is Bc1cccc2[nH]c(-c3nc(C4CCC4)n4ccnc(N)c34)cc12. The van der Waals surface area contributed by atoms with Crippen molar-refractivity contribution in [3.05, 3.63) is 42.5 Å². The number of hydrogen-bond acceptors (Lipinski definition) is 3. The van der Waals surface area contributed by atoms with Crippen molar-refractivity contribution in [2.75, 3.05) is 5.73 Å². The normalized spacial score (nSPS) is 15.2. The quantitative estimate of drug-likeness (QED) is 0.556. The first-order chi connectivity index (χ1) is 11.7. The van der Waals surface area contributed by atoms with Crippen molar-refractivity contribution in [2.45, 2.75) is 25.2 Å². The van der Waals surface area contributed by atoms with E-state index in [0.29, 0.717) is 11.7 Å². The summed E-state index contributed by atoms with van der Waals surface area (Å²) in [6.07, 6.45) is 7.41.